The van der Waals surface area contributed by atoms with Gasteiger partial charge in [0, 0.05) is 6.07 Å². The third-order valence-corrected chi connectivity index (χ3v) is 2.04. The number of nitrogens with two attached hydrogens (primary N) is 1. The average molecular weight is 250 g/mol. The molecule has 0 bridgehead atoms. The van der Waals surface area contributed by atoms with Crippen molar-refractivity contribution < 1.29 is 19.4 Å². The summed E-state index contributed by atoms with van der Waals surface area (Å²) in [4.78, 5) is 29.4. The second kappa shape index (κ2) is 4.86. The zero-order valence-electron chi connectivity index (χ0n) is 7.20. The van der Waals surface area contributed by atoms with Crippen molar-refractivity contribution in [3.05, 3.63) is 28.2 Å². The molecule has 1 aromatic rings. The molecule has 80 valence electrons. The molecule has 0 saturated heterocycles. The van der Waals surface area contributed by atoms with Gasteiger partial charge in [-0.05, 0) is 12.1 Å². The highest BCUT2D eigenvalue weighted by Crippen LogP contribution is 2.26. The Kier molecular flexibility index (Phi) is 3.76. The fourth-order valence-corrected chi connectivity index (χ4v) is 0.944. The highest BCUT2D eigenvalue weighted by atomic mass is 35.5. The van der Waals surface area contributed by atoms with Crippen LogP contribution >= 0.6 is 23.2 Å². The third kappa shape index (κ3) is 3.30. The van der Waals surface area contributed by atoms with Crippen LogP contribution in [0.5, 0.6) is 5.75 Å². The van der Waals surface area contributed by atoms with E-state index in [1.807, 2.05) is 0 Å². The Hall–Kier alpha value is -1.46. The topological polar surface area (TPSA) is 78.6 Å². The molecule has 1 aromatic carbocycles. The number of amides is 1. The molecule has 0 radical (unpaired) electrons. The number of benzene rings is 1. The summed E-state index contributed by atoms with van der Waals surface area (Å²) < 4.78 is 0. The van der Waals surface area contributed by atoms with E-state index in [1.165, 1.54) is 18.2 Å². The minimum absolute atomic E-state index is 0.124. The number of hydrogen-bond acceptors (Lipinski definition) is 4. The van der Waals surface area contributed by atoms with E-state index in [0.29, 0.717) is 5.02 Å². The number of hydrogen-bond donors (Lipinski definition) is 1. The van der Waals surface area contributed by atoms with Gasteiger partial charge in [0.15, 0.2) is 5.75 Å². The van der Waals surface area contributed by atoms with Crippen molar-refractivity contribution in [3.63, 3.8) is 0 Å². The van der Waals surface area contributed by atoms with Crippen LogP contribution in [0.15, 0.2) is 18.2 Å². The van der Waals surface area contributed by atoms with Crippen molar-refractivity contribution in [1.29, 1.82) is 0 Å². The lowest BCUT2D eigenvalue weighted by Crippen LogP contribution is -2.26. The molecule has 0 aliphatic heterocycles. The van der Waals surface area contributed by atoms with Crippen molar-refractivity contribution in [2.24, 2.45) is 5.73 Å². The zero-order valence-corrected chi connectivity index (χ0v) is 8.71. The molecule has 7 heteroatoms. The highest BCUT2D eigenvalue weighted by Gasteiger charge is 2.12. The van der Waals surface area contributed by atoms with Gasteiger partial charge in [-0.1, -0.05) is 23.2 Å². The van der Waals surface area contributed by atoms with Gasteiger partial charge in [0.2, 0.25) is 0 Å². The molecule has 0 heterocycles. The van der Waals surface area contributed by atoms with Gasteiger partial charge < -0.3 is 5.73 Å². The van der Waals surface area contributed by atoms with E-state index < -0.39 is 11.9 Å². The first-order valence-electron chi connectivity index (χ1n) is 3.64. The predicted octanol–water partition coefficient (Wildman–Crippen LogP) is 1.32. The summed E-state index contributed by atoms with van der Waals surface area (Å²) in [6.45, 7) is 0. The fourth-order valence-electron chi connectivity index (χ4n) is 0.656. The molecular weight excluding hydrogens is 245 g/mol. The molecule has 0 unspecified atom stereocenters. The highest BCUT2D eigenvalue weighted by molar-refractivity contribution is 6.42. The maximum Gasteiger partial charge on any atom is 0.442 e. The fraction of sp³-hybridized carbons (Fsp3) is 0. The molecule has 0 spiro atoms. The molecule has 2 N–H and O–H groups in total. The molecule has 0 saturated carbocycles. The van der Waals surface area contributed by atoms with Gasteiger partial charge in [-0.3, -0.25) is 9.68 Å². The Morgan fingerprint density at radius 1 is 1.20 bits per heavy atom. The Labute approximate surface area is 94.6 Å². The molecule has 1 amide bonds. The van der Waals surface area contributed by atoms with Crippen LogP contribution in [0.4, 0.5) is 0 Å². The molecule has 0 aliphatic rings. The minimum atomic E-state index is -1.30. The summed E-state index contributed by atoms with van der Waals surface area (Å²) in [6, 6.07) is 4.16. The molecule has 1 rings (SSSR count). The van der Waals surface area contributed by atoms with Crippen LogP contribution in [0, 0.1) is 0 Å². The number of carbonyl (C=O) groups excluding carboxylic acids is 2. The van der Waals surface area contributed by atoms with Crippen LogP contribution < -0.4 is 10.6 Å². The van der Waals surface area contributed by atoms with Crippen LogP contribution in [0.3, 0.4) is 0 Å². The molecule has 0 fully saturated rings. The van der Waals surface area contributed by atoms with E-state index in [4.69, 9.17) is 23.2 Å². The largest absolute Gasteiger partial charge is 0.442 e. The Morgan fingerprint density at radius 2 is 1.87 bits per heavy atom. The van der Waals surface area contributed by atoms with Gasteiger partial charge in [0.1, 0.15) is 0 Å². The van der Waals surface area contributed by atoms with Gasteiger partial charge >= 0.3 is 11.9 Å². The minimum Gasteiger partial charge on any atom is -0.360 e. The summed E-state index contributed by atoms with van der Waals surface area (Å²) in [6.07, 6.45) is 0. The monoisotopic (exact) mass is 249 g/mol. The molecule has 0 atom stereocenters. The summed E-state index contributed by atoms with van der Waals surface area (Å²) in [5.41, 5.74) is 4.61. The second-order valence-corrected chi connectivity index (χ2v) is 3.21. The van der Waals surface area contributed by atoms with Crippen LogP contribution in [0.2, 0.25) is 10.0 Å². The van der Waals surface area contributed by atoms with Gasteiger partial charge in [-0.25, -0.2) is 9.68 Å². The maximum absolute atomic E-state index is 10.6. The summed E-state index contributed by atoms with van der Waals surface area (Å²) in [7, 11) is 0. The van der Waals surface area contributed by atoms with Gasteiger partial charge in [-0.15, -0.1) is 0 Å². The first kappa shape index (κ1) is 11.6. The van der Waals surface area contributed by atoms with E-state index in [0.717, 1.165) is 0 Å². The van der Waals surface area contributed by atoms with Crippen LogP contribution in [-0.2, 0) is 14.5 Å². The summed E-state index contributed by atoms with van der Waals surface area (Å²) in [5.74, 6) is -2.44. The van der Waals surface area contributed by atoms with Crippen LogP contribution in [0.25, 0.3) is 0 Å². The van der Waals surface area contributed by atoms with Crippen molar-refractivity contribution in [3.8, 4) is 5.75 Å². The first-order valence-corrected chi connectivity index (χ1v) is 4.39. The normalized spacial score (nSPS) is 9.47. The summed E-state index contributed by atoms with van der Waals surface area (Å²) >= 11 is 11.3. The SMILES string of the molecule is NC(=O)C(=O)OOc1ccc(Cl)c(Cl)c1. The Morgan fingerprint density at radius 3 is 2.40 bits per heavy atom. The van der Waals surface area contributed by atoms with Crippen molar-refractivity contribution in [2.75, 3.05) is 0 Å². The summed E-state index contributed by atoms with van der Waals surface area (Å²) in [5, 5.41) is 0.550. The Bertz CT molecular complexity index is 408. The number of carbonyl (C=O) groups is 2. The molecule has 0 aromatic heterocycles. The van der Waals surface area contributed by atoms with Gasteiger partial charge in [0.25, 0.3) is 0 Å². The third-order valence-electron chi connectivity index (χ3n) is 1.31. The molecular formula is C8H5Cl2NO4. The lowest BCUT2D eigenvalue weighted by atomic mass is 10.3. The lowest BCUT2D eigenvalue weighted by Gasteiger charge is -2.03. The molecule has 15 heavy (non-hydrogen) atoms. The zero-order chi connectivity index (χ0) is 11.4. The van der Waals surface area contributed by atoms with Crippen LogP contribution in [-0.4, -0.2) is 11.9 Å². The van der Waals surface area contributed by atoms with E-state index in [1.54, 1.807) is 0 Å². The standard InChI is InChI=1S/C8H5Cl2NO4/c9-5-2-1-4(3-6(5)10)14-15-8(13)7(11)12/h1-3H,(H2,11,12). The van der Waals surface area contributed by atoms with Crippen molar-refractivity contribution >= 4 is 35.1 Å². The van der Waals surface area contributed by atoms with Crippen molar-refractivity contribution in [2.45, 2.75) is 0 Å². The average Bonchev–Trinajstić information content (AvgIpc) is 2.19. The van der Waals surface area contributed by atoms with E-state index >= 15 is 0 Å². The van der Waals surface area contributed by atoms with Gasteiger partial charge in [0.05, 0.1) is 10.0 Å². The quantitative estimate of drug-likeness (QED) is 0.487. The second-order valence-electron chi connectivity index (χ2n) is 2.39. The number of primary amides is 1. The van der Waals surface area contributed by atoms with E-state index in [9.17, 15) is 9.59 Å². The van der Waals surface area contributed by atoms with Crippen LogP contribution in [0.1, 0.15) is 0 Å². The lowest BCUT2D eigenvalue weighted by molar-refractivity contribution is -0.212. The first-order chi connectivity index (χ1) is 7.00. The smallest absolute Gasteiger partial charge is 0.360 e. The van der Waals surface area contributed by atoms with Gasteiger partial charge in [-0.2, -0.15) is 0 Å². The number of rotatable bonds is 2. The predicted molar refractivity (Wildman–Crippen MR) is 52.4 cm³/mol. The maximum atomic E-state index is 10.6. The molecule has 5 nitrogen and oxygen atoms in total. The van der Waals surface area contributed by atoms with E-state index in [2.05, 4.69) is 15.5 Å². The van der Waals surface area contributed by atoms with Crippen molar-refractivity contribution in [1.82, 2.24) is 0 Å². The number of halogens is 2. The Balaban J connectivity index is 2.62. The molecule has 0 aliphatic carbocycles. The van der Waals surface area contributed by atoms with E-state index in [-0.39, 0.29) is 10.8 Å².